The van der Waals surface area contributed by atoms with E-state index in [1.54, 1.807) is 12.1 Å². The molecule has 5 heteroatoms. The number of rotatable bonds is 8. The van der Waals surface area contributed by atoms with E-state index in [0.717, 1.165) is 12.0 Å². The number of ether oxygens (including phenoxy) is 1. The molecule has 0 aliphatic rings. The lowest BCUT2D eigenvalue weighted by Gasteiger charge is -2.15. The molecular weight excluding hydrogens is 259 g/mol. The monoisotopic (exact) mass is 282 g/mol. The maximum absolute atomic E-state index is 13.3. The van der Waals surface area contributed by atoms with E-state index in [-0.39, 0.29) is 23.5 Å². The lowest BCUT2D eigenvalue weighted by molar-refractivity contribution is -0.121. The lowest BCUT2D eigenvalue weighted by atomic mass is 10.1. The minimum atomic E-state index is -0.373. The molecule has 2 N–H and O–H groups in total. The van der Waals surface area contributed by atoms with E-state index in [4.69, 9.17) is 4.74 Å². The Morgan fingerprint density at radius 2 is 2.15 bits per heavy atom. The molecule has 20 heavy (non-hydrogen) atoms. The highest BCUT2D eigenvalue weighted by molar-refractivity contribution is 5.75. The van der Waals surface area contributed by atoms with Crippen LogP contribution in [0.15, 0.2) is 18.2 Å². The Morgan fingerprint density at radius 3 is 2.80 bits per heavy atom. The molecule has 0 fully saturated rings. The van der Waals surface area contributed by atoms with Crippen LogP contribution in [0.2, 0.25) is 0 Å². The molecule has 0 aromatic heterocycles. The zero-order valence-electron chi connectivity index (χ0n) is 12.3. The quantitative estimate of drug-likeness (QED) is 0.770. The maximum atomic E-state index is 13.3. The van der Waals surface area contributed by atoms with Gasteiger partial charge in [-0.1, -0.05) is 13.0 Å². The van der Waals surface area contributed by atoms with Crippen molar-refractivity contribution in [2.24, 2.45) is 0 Å². The first kappa shape index (κ1) is 16.4. The first-order valence-electron chi connectivity index (χ1n) is 6.92. The molecule has 0 spiro atoms. The van der Waals surface area contributed by atoms with E-state index in [1.807, 2.05) is 13.8 Å². The highest BCUT2D eigenvalue weighted by Crippen LogP contribution is 2.22. The SMILES string of the molecule is CCCNC(=O)CCNC(C)c1ccc(F)c(OC)c1. The summed E-state index contributed by atoms with van der Waals surface area (Å²) < 4.78 is 18.3. The molecule has 0 aliphatic heterocycles. The number of methoxy groups -OCH3 is 1. The Hall–Kier alpha value is -1.62. The molecule has 0 bridgehead atoms. The summed E-state index contributed by atoms with van der Waals surface area (Å²) in [5, 5.41) is 6.06. The molecule has 1 unspecified atom stereocenters. The molecule has 1 rings (SSSR count). The first-order chi connectivity index (χ1) is 9.58. The Kier molecular flexibility index (Phi) is 7.01. The summed E-state index contributed by atoms with van der Waals surface area (Å²) in [6.45, 7) is 5.28. The van der Waals surface area contributed by atoms with Crippen molar-refractivity contribution in [3.8, 4) is 5.75 Å². The predicted molar refractivity (Wildman–Crippen MR) is 77.3 cm³/mol. The van der Waals surface area contributed by atoms with Crippen molar-refractivity contribution in [2.75, 3.05) is 20.2 Å². The summed E-state index contributed by atoms with van der Waals surface area (Å²) >= 11 is 0. The zero-order valence-corrected chi connectivity index (χ0v) is 12.3. The van der Waals surface area contributed by atoms with Crippen molar-refractivity contribution < 1.29 is 13.9 Å². The maximum Gasteiger partial charge on any atom is 0.221 e. The Bertz CT molecular complexity index is 438. The summed E-state index contributed by atoms with van der Waals surface area (Å²) in [4.78, 5) is 11.4. The summed E-state index contributed by atoms with van der Waals surface area (Å²) in [6.07, 6.45) is 1.37. The summed E-state index contributed by atoms with van der Waals surface area (Å²) in [7, 11) is 1.44. The number of carbonyl (C=O) groups excluding carboxylic acids is 1. The fraction of sp³-hybridized carbons (Fsp3) is 0.533. The average molecular weight is 282 g/mol. The van der Waals surface area contributed by atoms with Gasteiger partial charge in [0.15, 0.2) is 11.6 Å². The fourth-order valence-corrected chi connectivity index (χ4v) is 1.82. The van der Waals surface area contributed by atoms with Crippen molar-refractivity contribution >= 4 is 5.91 Å². The zero-order chi connectivity index (χ0) is 15.0. The molecule has 4 nitrogen and oxygen atoms in total. The van der Waals surface area contributed by atoms with Gasteiger partial charge in [-0.2, -0.15) is 0 Å². The number of hydrogen-bond donors (Lipinski definition) is 2. The fourth-order valence-electron chi connectivity index (χ4n) is 1.82. The molecule has 0 saturated carbocycles. The van der Waals surface area contributed by atoms with Crippen LogP contribution in [0, 0.1) is 5.82 Å². The minimum absolute atomic E-state index is 0.0310. The Labute approximate surface area is 119 Å². The van der Waals surface area contributed by atoms with Gasteiger partial charge in [-0.05, 0) is 31.0 Å². The van der Waals surface area contributed by atoms with Crippen LogP contribution in [0.1, 0.15) is 38.3 Å². The normalized spacial score (nSPS) is 12.0. The van der Waals surface area contributed by atoms with Crippen LogP contribution in [0.25, 0.3) is 0 Å². The van der Waals surface area contributed by atoms with Crippen LogP contribution < -0.4 is 15.4 Å². The van der Waals surface area contributed by atoms with Crippen LogP contribution >= 0.6 is 0 Å². The van der Waals surface area contributed by atoms with Crippen LogP contribution in [-0.4, -0.2) is 26.1 Å². The van der Waals surface area contributed by atoms with Crippen molar-refractivity contribution in [1.29, 1.82) is 0 Å². The Morgan fingerprint density at radius 1 is 1.40 bits per heavy atom. The molecule has 1 aromatic rings. The van der Waals surface area contributed by atoms with Crippen molar-refractivity contribution in [2.45, 2.75) is 32.7 Å². The molecule has 0 saturated heterocycles. The molecule has 0 heterocycles. The number of hydrogen-bond acceptors (Lipinski definition) is 3. The van der Waals surface area contributed by atoms with Gasteiger partial charge in [-0.25, -0.2) is 4.39 Å². The smallest absolute Gasteiger partial charge is 0.221 e. The van der Waals surface area contributed by atoms with Gasteiger partial charge in [0, 0.05) is 25.6 Å². The van der Waals surface area contributed by atoms with Crippen LogP contribution in [-0.2, 0) is 4.79 Å². The van der Waals surface area contributed by atoms with E-state index >= 15 is 0 Å². The number of amides is 1. The molecular formula is C15H23FN2O2. The third kappa shape index (κ3) is 5.17. The van der Waals surface area contributed by atoms with Gasteiger partial charge in [-0.15, -0.1) is 0 Å². The van der Waals surface area contributed by atoms with Gasteiger partial charge in [-0.3, -0.25) is 4.79 Å². The second-order valence-corrected chi connectivity index (χ2v) is 4.67. The van der Waals surface area contributed by atoms with Gasteiger partial charge in [0.2, 0.25) is 5.91 Å². The first-order valence-corrected chi connectivity index (χ1v) is 6.92. The number of nitrogens with one attached hydrogen (secondary N) is 2. The summed E-state index contributed by atoms with van der Waals surface area (Å²) in [5.74, 6) is -0.0949. The molecule has 1 amide bonds. The van der Waals surface area contributed by atoms with Gasteiger partial charge in [0.1, 0.15) is 0 Å². The second-order valence-electron chi connectivity index (χ2n) is 4.67. The van der Waals surface area contributed by atoms with Gasteiger partial charge < -0.3 is 15.4 Å². The van der Waals surface area contributed by atoms with Gasteiger partial charge in [0.05, 0.1) is 7.11 Å². The molecule has 1 atom stereocenters. The van der Waals surface area contributed by atoms with Gasteiger partial charge in [0.25, 0.3) is 0 Å². The lowest BCUT2D eigenvalue weighted by Crippen LogP contribution is -2.29. The molecule has 112 valence electrons. The van der Waals surface area contributed by atoms with Crippen LogP contribution in [0.4, 0.5) is 4.39 Å². The third-order valence-electron chi connectivity index (χ3n) is 3.05. The van der Waals surface area contributed by atoms with Crippen LogP contribution in [0.5, 0.6) is 5.75 Å². The van der Waals surface area contributed by atoms with E-state index in [0.29, 0.717) is 19.5 Å². The molecule has 1 aromatic carbocycles. The summed E-state index contributed by atoms with van der Waals surface area (Å²) in [6, 6.07) is 4.81. The number of benzene rings is 1. The van der Waals surface area contributed by atoms with E-state index < -0.39 is 0 Å². The standard InChI is InChI=1S/C15H23FN2O2/c1-4-8-18-15(19)7-9-17-11(2)12-5-6-13(16)14(10-12)20-3/h5-6,10-11,17H,4,7-9H2,1-3H3,(H,18,19). The van der Waals surface area contributed by atoms with E-state index in [2.05, 4.69) is 10.6 Å². The van der Waals surface area contributed by atoms with E-state index in [1.165, 1.54) is 13.2 Å². The highest BCUT2D eigenvalue weighted by Gasteiger charge is 2.09. The van der Waals surface area contributed by atoms with E-state index in [9.17, 15) is 9.18 Å². The number of carbonyl (C=O) groups is 1. The van der Waals surface area contributed by atoms with Crippen LogP contribution in [0.3, 0.4) is 0 Å². The topological polar surface area (TPSA) is 50.4 Å². The summed E-state index contributed by atoms with van der Waals surface area (Å²) in [5.41, 5.74) is 0.928. The molecule has 0 aliphatic carbocycles. The highest BCUT2D eigenvalue weighted by atomic mass is 19.1. The largest absolute Gasteiger partial charge is 0.494 e. The van der Waals surface area contributed by atoms with Gasteiger partial charge >= 0.3 is 0 Å². The molecule has 0 radical (unpaired) electrons. The average Bonchev–Trinajstić information content (AvgIpc) is 2.45. The van der Waals surface area contributed by atoms with Crippen molar-refractivity contribution in [1.82, 2.24) is 10.6 Å². The second kappa shape index (κ2) is 8.53. The van der Waals surface area contributed by atoms with Crippen molar-refractivity contribution in [3.63, 3.8) is 0 Å². The predicted octanol–water partition coefficient (Wildman–Crippen LogP) is 2.40. The number of halogens is 1. The Balaban J connectivity index is 2.43. The third-order valence-corrected chi connectivity index (χ3v) is 3.05. The van der Waals surface area contributed by atoms with Crippen molar-refractivity contribution in [3.05, 3.63) is 29.6 Å². The minimum Gasteiger partial charge on any atom is -0.494 e.